The van der Waals surface area contributed by atoms with E-state index in [2.05, 4.69) is 5.32 Å². The van der Waals surface area contributed by atoms with Gasteiger partial charge in [-0.3, -0.25) is 14.5 Å². The van der Waals surface area contributed by atoms with Crippen LogP contribution in [0, 0.1) is 13.8 Å². The van der Waals surface area contributed by atoms with Crippen LogP contribution >= 0.6 is 24.0 Å². The van der Waals surface area contributed by atoms with Crippen molar-refractivity contribution in [2.24, 2.45) is 0 Å². The first-order chi connectivity index (χ1) is 14.3. The molecule has 1 aliphatic heterocycles. The van der Waals surface area contributed by atoms with E-state index in [-0.39, 0.29) is 18.4 Å². The van der Waals surface area contributed by atoms with E-state index in [1.807, 2.05) is 32.0 Å². The lowest BCUT2D eigenvalue weighted by atomic mass is 10.1. The number of nitrogens with zero attached hydrogens (tertiary/aromatic N) is 1. The first kappa shape index (κ1) is 21.9. The van der Waals surface area contributed by atoms with E-state index < -0.39 is 0 Å². The molecule has 1 N–H and O–H groups in total. The van der Waals surface area contributed by atoms with E-state index in [1.165, 1.54) is 23.8 Å². The minimum absolute atomic E-state index is 0.132. The summed E-state index contributed by atoms with van der Waals surface area (Å²) in [6.45, 7) is 3.85. The second kappa shape index (κ2) is 9.32. The monoisotopic (exact) mass is 442 g/mol. The van der Waals surface area contributed by atoms with Crippen molar-refractivity contribution in [1.29, 1.82) is 0 Å². The van der Waals surface area contributed by atoms with E-state index in [4.69, 9.17) is 21.7 Å². The third kappa shape index (κ3) is 5.01. The minimum atomic E-state index is -0.268. The molecular formula is C22H22N2O4S2. The van der Waals surface area contributed by atoms with Gasteiger partial charge in [0.25, 0.3) is 11.8 Å². The van der Waals surface area contributed by atoms with Gasteiger partial charge in [0.1, 0.15) is 4.32 Å². The molecule has 0 aromatic heterocycles. The Morgan fingerprint density at radius 1 is 1.17 bits per heavy atom. The molecule has 1 aliphatic rings. The molecule has 0 bridgehead atoms. The molecule has 30 heavy (non-hydrogen) atoms. The number of benzene rings is 2. The zero-order valence-electron chi connectivity index (χ0n) is 17.1. The average molecular weight is 443 g/mol. The van der Waals surface area contributed by atoms with Crippen LogP contribution in [-0.2, 0) is 9.59 Å². The van der Waals surface area contributed by atoms with Gasteiger partial charge in [0.2, 0.25) is 0 Å². The van der Waals surface area contributed by atoms with Crippen molar-refractivity contribution in [1.82, 2.24) is 4.90 Å². The normalized spacial score (nSPS) is 14.9. The van der Waals surface area contributed by atoms with Crippen LogP contribution in [-0.4, -0.2) is 41.8 Å². The van der Waals surface area contributed by atoms with E-state index in [9.17, 15) is 9.59 Å². The quantitative estimate of drug-likeness (QED) is 0.535. The molecule has 1 heterocycles. The third-order valence-electron chi connectivity index (χ3n) is 4.62. The molecule has 156 valence electrons. The molecule has 0 unspecified atom stereocenters. The summed E-state index contributed by atoms with van der Waals surface area (Å²) in [4.78, 5) is 26.4. The van der Waals surface area contributed by atoms with Gasteiger partial charge in [0.05, 0.1) is 12.0 Å². The highest BCUT2D eigenvalue weighted by atomic mass is 32.2. The van der Waals surface area contributed by atoms with Gasteiger partial charge in [-0.15, -0.1) is 0 Å². The standard InChI is InChI=1S/C22H22N2O4S2/c1-13-5-7-16(9-14(13)2)23-20(25)12-28-17-8-6-15(10-18(17)27-4)11-19-21(26)24(3)22(29)30-19/h5-11H,12H2,1-4H3,(H,23,25)/b19-11-. The maximum absolute atomic E-state index is 12.2. The van der Waals surface area contributed by atoms with Gasteiger partial charge in [0.15, 0.2) is 18.1 Å². The second-order valence-electron chi connectivity index (χ2n) is 6.79. The number of thioether (sulfide) groups is 1. The highest BCUT2D eigenvalue weighted by molar-refractivity contribution is 8.26. The van der Waals surface area contributed by atoms with Crippen molar-refractivity contribution in [3.63, 3.8) is 0 Å². The number of ether oxygens (including phenoxy) is 2. The number of carbonyl (C=O) groups excluding carboxylic acids is 2. The molecule has 1 saturated heterocycles. The van der Waals surface area contributed by atoms with Crippen molar-refractivity contribution in [3.05, 3.63) is 58.0 Å². The van der Waals surface area contributed by atoms with Gasteiger partial charge in [-0.05, 0) is 60.9 Å². The Labute approximate surface area is 185 Å². The number of carbonyl (C=O) groups is 2. The summed E-state index contributed by atoms with van der Waals surface area (Å²) >= 11 is 6.40. The van der Waals surface area contributed by atoms with Gasteiger partial charge in [0, 0.05) is 12.7 Å². The fraction of sp³-hybridized carbons (Fsp3) is 0.227. The molecule has 0 aliphatic carbocycles. The molecule has 0 atom stereocenters. The molecule has 0 radical (unpaired) electrons. The molecule has 6 nitrogen and oxygen atoms in total. The topological polar surface area (TPSA) is 67.9 Å². The summed E-state index contributed by atoms with van der Waals surface area (Å²) in [6, 6.07) is 11.0. The van der Waals surface area contributed by atoms with Gasteiger partial charge in [-0.1, -0.05) is 36.1 Å². The first-order valence-corrected chi connectivity index (χ1v) is 10.4. The summed E-state index contributed by atoms with van der Waals surface area (Å²) in [5.41, 5.74) is 3.76. The summed E-state index contributed by atoms with van der Waals surface area (Å²) in [6.07, 6.45) is 1.75. The first-order valence-electron chi connectivity index (χ1n) is 9.18. The molecule has 1 fully saturated rings. The molecule has 0 saturated carbocycles. The van der Waals surface area contributed by atoms with Crippen molar-refractivity contribution >= 4 is 51.9 Å². The number of aryl methyl sites for hydroxylation is 2. The van der Waals surface area contributed by atoms with Crippen LogP contribution in [0.5, 0.6) is 11.5 Å². The summed E-state index contributed by atoms with van der Waals surface area (Å²) in [5, 5.41) is 2.82. The molecule has 0 spiro atoms. The van der Waals surface area contributed by atoms with Crippen LogP contribution in [0.2, 0.25) is 0 Å². The maximum Gasteiger partial charge on any atom is 0.265 e. The van der Waals surface area contributed by atoms with Crippen molar-refractivity contribution in [3.8, 4) is 11.5 Å². The average Bonchev–Trinajstić information content (AvgIpc) is 2.96. The Kier molecular flexibility index (Phi) is 6.79. The third-order valence-corrected chi connectivity index (χ3v) is 6.11. The van der Waals surface area contributed by atoms with Crippen molar-refractivity contribution in [2.75, 3.05) is 26.1 Å². The lowest BCUT2D eigenvalue weighted by molar-refractivity contribution is -0.121. The smallest absolute Gasteiger partial charge is 0.265 e. The number of rotatable bonds is 6. The van der Waals surface area contributed by atoms with Gasteiger partial charge in [-0.25, -0.2) is 0 Å². The minimum Gasteiger partial charge on any atom is -0.493 e. The van der Waals surface area contributed by atoms with Gasteiger partial charge < -0.3 is 14.8 Å². The van der Waals surface area contributed by atoms with E-state index in [0.29, 0.717) is 20.7 Å². The maximum atomic E-state index is 12.2. The van der Waals surface area contributed by atoms with Crippen LogP contribution in [0.4, 0.5) is 5.69 Å². The molecule has 2 aromatic carbocycles. The SMILES string of the molecule is COc1cc(/C=C2\SC(=S)N(C)C2=O)ccc1OCC(=O)Nc1ccc(C)c(C)c1. The van der Waals surface area contributed by atoms with E-state index in [0.717, 1.165) is 22.4 Å². The zero-order valence-corrected chi connectivity index (χ0v) is 18.8. The number of methoxy groups -OCH3 is 1. The predicted molar refractivity (Wildman–Crippen MR) is 124 cm³/mol. The summed E-state index contributed by atoms with van der Waals surface area (Å²) in [5.74, 6) is 0.506. The number of hydrogen-bond donors (Lipinski definition) is 1. The number of anilines is 1. The predicted octanol–water partition coefficient (Wildman–Crippen LogP) is 4.16. The molecular weight excluding hydrogens is 420 g/mol. The lowest BCUT2D eigenvalue weighted by Crippen LogP contribution is -2.22. The van der Waals surface area contributed by atoms with Crippen LogP contribution in [0.3, 0.4) is 0 Å². The second-order valence-corrected chi connectivity index (χ2v) is 8.46. The van der Waals surface area contributed by atoms with Crippen LogP contribution in [0.1, 0.15) is 16.7 Å². The van der Waals surface area contributed by atoms with Gasteiger partial charge >= 0.3 is 0 Å². The van der Waals surface area contributed by atoms with Crippen molar-refractivity contribution in [2.45, 2.75) is 13.8 Å². The molecule has 2 amide bonds. The Bertz CT molecular complexity index is 1050. The Balaban J connectivity index is 1.66. The van der Waals surface area contributed by atoms with E-state index >= 15 is 0 Å². The number of likely N-dealkylation sites (N-methyl/N-ethyl adjacent to an activating group) is 1. The lowest BCUT2D eigenvalue weighted by Gasteiger charge is -2.12. The molecule has 2 aromatic rings. The highest BCUT2D eigenvalue weighted by Crippen LogP contribution is 2.34. The Hall–Kier alpha value is -2.84. The number of nitrogens with one attached hydrogen (secondary N) is 1. The van der Waals surface area contributed by atoms with E-state index in [1.54, 1.807) is 31.3 Å². The van der Waals surface area contributed by atoms with Crippen LogP contribution < -0.4 is 14.8 Å². The number of thiocarbonyl (C=S) groups is 1. The van der Waals surface area contributed by atoms with Gasteiger partial charge in [-0.2, -0.15) is 0 Å². The van der Waals surface area contributed by atoms with Crippen molar-refractivity contribution < 1.29 is 19.1 Å². The Morgan fingerprint density at radius 3 is 2.57 bits per heavy atom. The largest absolute Gasteiger partial charge is 0.493 e. The summed E-state index contributed by atoms with van der Waals surface area (Å²) < 4.78 is 11.5. The Morgan fingerprint density at radius 2 is 1.93 bits per heavy atom. The van der Waals surface area contributed by atoms with Crippen LogP contribution in [0.25, 0.3) is 6.08 Å². The number of amides is 2. The molecule has 8 heteroatoms. The highest BCUT2D eigenvalue weighted by Gasteiger charge is 2.28. The zero-order chi connectivity index (χ0) is 21.8. The summed E-state index contributed by atoms with van der Waals surface area (Å²) in [7, 11) is 3.17. The molecule has 3 rings (SSSR count). The fourth-order valence-electron chi connectivity index (χ4n) is 2.75. The number of hydrogen-bond acceptors (Lipinski definition) is 6. The fourth-order valence-corrected chi connectivity index (χ4v) is 3.93. The van der Waals surface area contributed by atoms with Crippen LogP contribution in [0.15, 0.2) is 41.3 Å².